The zero-order valence-corrected chi connectivity index (χ0v) is 17.6. The summed E-state index contributed by atoms with van der Waals surface area (Å²) in [6.07, 6.45) is 2.95. The van der Waals surface area contributed by atoms with Crippen molar-refractivity contribution in [2.75, 3.05) is 13.7 Å². The van der Waals surface area contributed by atoms with Gasteiger partial charge in [0.2, 0.25) is 0 Å². The van der Waals surface area contributed by atoms with Gasteiger partial charge in [-0.05, 0) is 30.3 Å². The Morgan fingerprint density at radius 2 is 1.97 bits per heavy atom. The average Bonchev–Trinajstić information content (AvgIpc) is 3.42. The van der Waals surface area contributed by atoms with Gasteiger partial charge in [-0.15, -0.1) is 11.3 Å². The first-order valence-electron chi connectivity index (χ1n) is 9.30. The number of ether oxygens (including phenoxy) is 1. The number of halogens is 1. The zero-order chi connectivity index (χ0) is 20.1. The molecule has 4 rings (SSSR count). The van der Waals surface area contributed by atoms with Gasteiger partial charge in [0.05, 0.1) is 34.7 Å². The van der Waals surface area contributed by atoms with Gasteiger partial charge in [-0.2, -0.15) is 5.10 Å². The van der Waals surface area contributed by atoms with E-state index in [2.05, 4.69) is 21.9 Å². The lowest BCUT2D eigenvalue weighted by Crippen LogP contribution is -2.17. The van der Waals surface area contributed by atoms with E-state index >= 15 is 0 Å². The van der Waals surface area contributed by atoms with E-state index in [1.165, 1.54) is 0 Å². The second-order valence-electron chi connectivity index (χ2n) is 6.53. The number of rotatable bonds is 8. The normalized spacial score (nSPS) is 11.0. The van der Waals surface area contributed by atoms with E-state index in [4.69, 9.17) is 21.4 Å². The molecule has 0 amide bonds. The van der Waals surface area contributed by atoms with Crippen LogP contribution in [0.15, 0.2) is 65.6 Å². The highest BCUT2D eigenvalue weighted by Crippen LogP contribution is 2.30. The SMILES string of the molecule is COc1ccc(-n2cc(CNCCc3cscn3)c(-c3ccccc3Cl)n2)cc1. The Morgan fingerprint density at radius 3 is 2.69 bits per heavy atom. The second-order valence-corrected chi connectivity index (χ2v) is 7.66. The quantitative estimate of drug-likeness (QED) is 0.405. The van der Waals surface area contributed by atoms with Gasteiger partial charge in [-0.3, -0.25) is 0 Å². The molecule has 0 aliphatic heterocycles. The van der Waals surface area contributed by atoms with Crippen molar-refractivity contribution in [1.82, 2.24) is 20.1 Å². The molecule has 0 aliphatic carbocycles. The van der Waals surface area contributed by atoms with Gasteiger partial charge < -0.3 is 10.1 Å². The molecule has 0 saturated heterocycles. The van der Waals surface area contributed by atoms with Gasteiger partial charge in [-0.1, -0.05) is 29.8 Å². The molecule has 2 heterocycles. The van der Waals surface area contributed by atoms with E-state index in [-0.39, 0.29) is 0 Å². The van der Waals surface area contributed by atoms with Crippen molar-refractivity contribution in [2.45, 2.75) is 13.0 Å². The lowest BCUT2D eigenvalue weighted by Gasteiger charge is -2.06. The van der Waals surface area contributed by atoms with Gasteiger partial charge in [-0.25, -0.2) is 9.67 Å². The van der Waals surface area contributed by atoms with Crippen molar-refractivity contribution in [3.8, 4) is 22.7 Å². The zero-order valence-electron chi connectivity index (χ0n) is 16.0. The molecule has 0 unspecified atom stereocenters. The van der Waals surface area contributed by atoms with E-state index < -0.39 is 0 Å². The summed E-state index contributed by atoms with van der Waals surface area (Å²) < 4.78 is 7.14. The molecule has 2 aromatic heterocycles. The number of methoxy groups -OCH3 is 1. The second kappa shape index (κ2) is 9.22. The Hall–Kier alpha value is -2.67. The van der Waals surface area contributed by atoms with Gasteiger partial charge in [0.25, 0.3) is 0 Å². The summed E-state index contributed by atoms with van der Waals surface area (Å²) in [7, 11) is 1.66. The number of aromatic nitrogens is 3. The number of hydrogen-bond donors (Lipinski definition) is 1. The van der Waals surface area contributed by atoms with E-state index in [1.807, 2.05) is 58.7 Å². The Labute approximate surface area is 178 Å². The van der Waals surface area contributed by atoms with E-state index in [0.29, 0.717) is 11.6 Å². The van der Waals surface area contributed by atoms with E-state index in [1.54, 1.807) is 18.4 Å². The van der Waals surface area contributed by atoms with Crippen molar-refractivity contribution < 1.29 is 4.74 Å². The molecule has 0 aliphatic rings. The number of nitrogens with one attached hydrogen (secondary N) is 1. The maximum atomic E-state index is 6.46. The van der Waals surface area contributed by atoms with Gasteiger partial charge >= 0.3 is 0 Å². The molecule has 4 aromatic rings. The van der Waals surface area contributed by atoms with E-state index in [0.717, 1.165) is 46.9 Å². The van der Waals surface area contributed by atoms with Crippen LogP contribution in [0, 0.1) is 0 Å². The fourth-order valence-electron chi connectivity index (χ4n) is 3.09. The fraction of sp³-hybridized carbons (Fsp3) is 0.182. The Bertz CT molecular complexity index is 1060. The lowest BCUT2D eigenvalue weighted by atomic mass is 10.1. The Morgan fingerprint density at radius 1 is 1.14 bits per heavy atom. The maximum absolute atomic E-state index is 6.46. The number of hydrogen-bond acceptors (Lipinski definition) is 5. The van der Waals surface area contributed by atoms with Gasteiger partial charge in [0.15, 0.2) is 0 Å². The third kappa shape index (κ3) is 4.67. The lowest BCUT2D eigenvalue weighted by molar-refractivity contribution is 0.414. The van der Waals surface area contributed by atoms with Crippen LogP contribution in [0.1, 0.15) is 11.3 Å². The molecule has 148 valence electrons. The molecule has 5 nitrogen and oxygen atoms in total. The van der Waals surface area contributed by atoms with Crippen LogP contribution >= 0.6 is 22.9 Å². The van der Waals surface area contributed by atoms with Crippen molar-refractivity contribution in [3.05, 3.63) is 81.9 Å². The van der Waals surface area contributed by atoms with Crippen molar-refractivity contribution in [3.63, 3.8) is 0 Å². The highest BCUT2D eigenvalue weighted by atomic mass is 35.5. The van der Waals surface area contributed by atoms with Crippen LogP contribution in [0.2, 0.25) is 5.02 Å². The Kier molecular flexibility index (Phi) is 6.24. The number of nitrogens with zero attached hydrogens (tertiary/aromatic N) is 3. The third-order valence-corrected chi connectivity index (χ3v) is 5.58. The van der Waals surface area contributed by atoms with Crippen molar-refractivity contribution in [1.29, 1.82) is 0 Å². The minimum absolute atomic E-state index is 0.691. The Balaban J connectivity index is 1.58. The molecular weight excluding hydrogens is 404 g/mol. The summed E-state index contributed by atoms with van der Waals surface area (Å²) >= 11 is 8.08. The molecule has 7 heteroatoms. The smallest absolute Gasteiger partial charge is 0.119 e. The van der Waals surface area contributed by atoms with Crippen LogP contribution in [0.5, 0.6) is 5.75 Å². The first-order valence-corrected chi connectivity index (χ1v) is 10.6. The highest BCUT2D eigenvalue weighted by molar-refractivity contribution is 7.07. The van der Waals surface area contributed by atoms with Crippen LogP contribution in [0.3, 0.4) is 0 Å². The molecule has 29 heavy (non-hydrogen) atoms. The molecule has 0 spiro atoms. The molecular formula is C22H21ClN4OS. The standard InChI is InChI=1S/C22H21ClN4OS/c1-28-19-8-6-18(7-9-19)27-13-16(12-24-11-10-17-14-29-15-25-17)22(26-27)20-4-2-3-5-21(20)23/h2-9,13-15,24H,10-12H2,1H3. The molecule has 0 atom stereocenters. The van der Waals surface area contributed by atoms with Crippen molar-refractivity contribution >= 4 is 22.9 Å². The summed E-state index contributed by atoms with van der Waals surface area (Å²) in [5.41, 5.74) is 6.84. The minimum atomic E-state index is 0.691. The molecule has 0 radical (unpaired) electrons. The minimum Gasteiger partial charge on any atom is -0.497 e. The molecule has 2 aromatic carbocycles. The third-order valence-electron chi connectivity index (χ3n) is 4.61. The largest absolute Gasteiger partial charge is 0.497 e. The first-order chi connectivity index (χ1) is 14.2. The summed E-state index contributed by atoms with van der Waals surface area (Å²) in [5, 5.41) is 11.1. The maximum Gasteiger partial charge on any atom is 0.119 e. The number of benzene rings is 2. The van der Waals surface area contributed by atoms with Crippen LogP contribution in [-0.4, -0.2) is 28.4 Å². The summed E-state index contributed by atoms with van der Waals surface area (Å²) in [6.45, 7) is 1.54. The first kappa shape index (κ1) is 19.6. The molecule has 0 bridgehead atoms. The predicted octanol–water partition coefficient (Wildman–Crippen LogP) is 4.99. The summed E-state index contributed by atoms with van der Waals surface area (Å²) in [5.74, 6) is 0.816. The molecule has 0 saturated carbocycles. The van der Waals surface area contributed by atoms with Crippen LogP contribution in [-0.2, 0) is 13.0 Å². The van der Waals surface area contributed by atoms with Gasteiger partial charge in [0.1, 0.15) is 5.75 Å². The fourth-order valence-corrected chi connectivity index (χ4v) is 3.90. The summed E-state index contributed by atoms with van der Waals surface area (Å²) in [4.78, 5) is 4.33. The van der Waals surface area contributed by atoms with E-state index in [9.17, 15) is 0 Å². The van der Waals surface area contributed by atoms with Gasteiger partial charge in [0, 0.05) is 42.2 Å². The predicted molar refractivity (Wildman–Crippen MR) is 118 cm³/mol. The van der Waals surface area contributed by atoms with Crippen LogP contribution in [0.4, 0.5) is 0 Å². The molecule has 0 fully saturated rings. The monoisotopic (exact) mass is 424 g/mol. The average molecular weight is 425 g/mol. The van der Waals surface area contributed by atoms with Crippen molar-refractivity contribution in [2.24, 2.45) is 0 Å². The molecule has 1 N–H and O–H groups in total. The van der Waals surface area contributed by atoms with Crippen LogP contribution < -0.4 is 10.1 Å². The summed E-state index contributed by atoms with van der Waals surface area (Å²) in [6, 6.07) is 15.6. The highest BCUT2D eigenvalue weighted by Gasteiger charge is 2.14. The topological polar surface area (TPSA) is 52.0 Å². The number of thiazole rings is 1. The van der Waals surface area contributed by atoms with Crippen LogP contribution in [0.25, 0.3) is 16.9 Å².